The normalized spacial score (nSPS) is 12.6. The number of nitrogens with one attached hydrogen (secondary N) is 2. The van der Waals surface area contributed by atoms with Crippen LogP contribution in [0.3, 0.4) is 0 Å². The summed E-state index contributed by atoms with van der Waals surface area (Å²) in [6.07, 6.45) is 0.763. The Morgan fingerprint density at radius 2 is 1.65 bits per heavy atom. The third-order valence-electron chi connectivity index (χ3n) is 5.26. The molecule has 31 heavy (non-hydrogen) atoms. The summed E-state index contributed by atoms with van der Waals surface area (Å²) >= 11 is 0. The van der Waals surface area contributed by atoms with Crippen molar-refractivity contribution in [3.05, 3.63) is 89.7 Å². The quantitative estimate of drug-likeness (QED) is 0.555. The van der Waals surface area contributed by atoms with Crippen molar-refractivity contribution in [1.82, 2.24) is 0 Å². The lowest BCUT2D eigenvalue weighted by molar-refractivity contribution is -0.901. The highest BCUT2D eigenvalue weighted by atomic mass is 19.1. The molecule has 2 atom stereocenters. The van der Waals surface area contributed by atoms with Gasteiger partial charge in [0.2, 0.25) is 0 Å². The maximum Gasteiger partial charge on any atom is 0.287 e. The minimum atomic E-state index is -0.411. The first-order valence-corrected chi connectivity index (χ1v) is 10.2. The average Bonchev–Trinajstić information content (AvgIpc) is 2.79. The van der Waals surface area contributed by atoms with E-state index in [-0.39, 0.29) is 11.7 Å². The van der Waals surface area contributed by atoms with Crippen LogP contribution >= 0.6 is 0 Å². The molecule has 2 N–H and O–H groups in total. The van der Waals surface area contributed by atoms with Gasteiger partial charge in [0.15, 0.2) is 17.5 Å². The Kier molecular flexibility index (Phi) is 7.62. The molecule has 0 aliphatic rings. The van der Waals surface area contributed by atoms with Gasteiger partial charge in [-0.05, 0) is 42.0 Å². The highest BCUT2D eigenvalue weighted by Crippen LogP contribution is 2.27. The number of hydrogen-bond acceptors (Lipinski definition) is 3. The molecule has 0 heterocycles. The van der Waals surface area contributed by atoms with Crippen molar-refractivity contribution in [2.24, 2.45) is 0 Å². The number of carbonyl (C=O) groups excluding carboxylic acids is 1. The smallest absolute Gasteiger partial charge is 0.287 e. The third kappa shape index (κ3) is 5.83. The summed E-state index contributed by atoms with van der Waals surface area (Å²) in [6, 6.07) is 20.9. The van der Waals surface area contributed by atoms with Gasteiger partial charge in [-0.1, -0.05) is 36.4 Å². The first kappa shape index (κ1) is 22.3. The summed E-state index contributed by atoms with van der Waals surface area (Å²) < 4.78 is 23.9. The molecule has 162 valence electrons. The minimum Gasteiger partial charge on any atom is -0.493 e. The number of amides is 1. The predicted molar refractivity (Wildman–Crippen MR) is 119 cm³/mol. The van der Waals surface area contributed by atoms with Crippen molar-refractivity contribution >= 4 is 11.6 Å². The monoisotopic (exact) mass is 423 g/mol. The van der Waals surface area contributed by atoms with Gasteiger partial charge >= 0.3 is 0 Å². The Bertz CT molecular complexity index is 993. The SMILES string of the molecule is COc1ccc(CC[NH+](C)[C@H](C(=O)Nc2ccc(F)cc2)c2ccccc2)cc1OC. The van der Waals surface area contributed by atoms with Gasteiger partial charge in [0.05, 0.1) is 27.8 Å². The van der Waals surface area contributed by atoms with Crippen molar-refractivity contribution in [1.29, 1.82) is 0 Å². The van der Waals surface area contributed by atoms with Crippen LogP contribution in [0.5, 0.6) is 11.5 Å². The van der Waals surface area contributed by atoms with Crippen molar-refractivity contribution in [2.45, 2.75) is 12.5 Å². The fourth-order valence-electron chi connectivity index (χ4n) is 3.57. The van der Waals surface area contributed by atoms with E-state index in [1.54, 1.807) is 26.4 Å². The molecule has 3 aromatic rings. The van der Waals surface area contributed by atoms with Crippen molar-refractivity contribution in [2.75, 3.05) is 33.1 Å². The van der Waals surface area contributed by atoms with E-state index in [1.165, 1.54) is 12.1 Å². The molecule has 0 aromatic heterocycles. The van der Waals surface area contributed by atoms with Crippen LogP contribution in [-0.4, -0.2) is 33.7 Å². The number of quaternary nitrogens is 1. The zero-order valence-electron chi connectivity index (χ0n) is 18.0. The highest BCUT2D eigenvalue weighted by molar-refractivity contribution is 5.94. The molecular weight excluding hydrogens is 395 g/mol. The fourth-order valence-corrected chi connectivity index (χ4v) is 3.57. The van der Waals surface area contributed by atoms with Crippen LogP contribution in [-0.2, 0) is 11.2 Å². The second-order valence-electron chi connectivity index (χ2n) is 7.38. The first-order valence-electron chi connectivity index (χ1n) is 10.2. The molecule has 0 saturated heterocycles. The summed E-state index contributed by atoms with van der Waals surface area (Å²) in [5, 5.41) is 2.92. The van der Waals surface area contributed by atoms with E-state index in [0.29, 0.717) is 17.2 Å². The molecule has 0 radical (unpaired) electrons. The van der Waals surface area contributed by atoms with Crippen LogP contribution in [0.25, 0.3) is 0 Å². The number of anilines is 1. The molecule has 6 heteroatoms. The summed E-state index contributed by atoms with van der Waals surface area (Å²) in [5.41, 5.74) is 2.59. The largest absolute Gasteiger partial charge is 0.493 e. The van der Waals surface area contributed by atoms with Crippen LogP contribution in [0.4, 0.5) is 10.1 Å². The minimum absolute atomic E-state index is 0.136. The lowest BCUT2D eigenvalue weighted by Gasteiger charge is -2.25. The van der Waals surface area contributed by atoms with Gasteiger partial charge in [-0.15, -0.1) is 0 Å². The molecule has 0 fully saturated rings. The summed E-state index contributed by atoms with van der Waals surface area (Å²) in [4.78, 5) is 14.2. The van der Waals surface area contributed by atoms with Gasteiger partial charge in [-0.25, -0.2) is 4.39 Å². The van der Waals surface area contributed by atoms with E-state index < -0.39 is 6.04 Å². The summed E-state index contributed by atoms with van der Waals surface area (Å²) in [5.74, 6) is 0.900. The van der Waals surface area contributed by atoms with Crippen LogP contribution < -0.4 is 19.7 Å². The second-order valence-corrected chi connectivity index (χ2v) is 7.38. The van der Waals surface area contributed by atoms with Gasteiger partial charge < -0.3 is 19.7 Å². The Labute approximate surface area is 182 Å². The molecule has 0 aliphatic carbocycles. The first-order chi connectivity index (χ1) is 15.0. The molecule has 3 aromatic carbocycles. The number of rotatable bonds is 9. The van der Waals surface area contributed by atoms with Crippen LogP contribution in [0.1, 0.15) is 17.2 Å². The zero-order valence-corrected chi connectivity index (χ0v) is 18.0. The molecular formula is C25H28FN2O3+. The van der Waals surface area contributed by atoms with Gasteiger partial charge in [-0.3, -0.25) is 4.79 Å². The molecule has 5 nitrogen and oxygen atoms in total. The molecule has 0 spiro atoms. The zero-order chi connectivity index (χ0) is 22.2. The number of likely N-dealkylation sites (N-methyl/N-ethyl adjacent to an activating group) is 1. The van der Waals surface area contributed by atoms with Crippen molar-refractivity contribution < 1.29 is 23.6 Å². The predicted octanol–water partition coefficient (Wildman–Crippen LogP) is 3.28. The van der Waals surface area contributed by atoms with Crippen molar-refractivity contribution in [3.63, 3.8) is 0 Å². The Morgan fingerprint density at radius 3 is 2.29 bits per heavy atom. The second kappa shape index (κ2) is 10.6. The van der Waals surface area contributed by atoms with Crippen LogP contribution in [0, 0.1) is 5.82 Å². The molecule has 0 aliphatic heterocycles. The van der Waals surface area contributed by atoms with E-state index in [0.717, 1.165) is 29.0 Å². The topological polar surface area (TPSA) is 52.0 Å². The summed E-state index contributed by atoms with van der Waals surface area (Å²) in [7, 11) is 5.23. The molecule has 0 saturated carbocycles. The third-order valence-corrected chi connectivity index (χ3v) is 5.26. The fraction of sp³-hybridized carbons (Fsp3) is 0.240. The standard InChI is InChI=1S/C25H27FN2O3/c1-28(16-15-18-9-14-22(30-2)23(17-18)31-3)24(19-7-5-4-6-8-19)25(29)27-21-12-10-20(26)11-13-21/h4-14,17,24H,15-16H2,1-3H3,(H,27,29)/p+1/t24-/m0/s1. The number of halogens is 1. The van der Waals surface area contributed by atoms with Crippen LogP contribution in [0.2, 0.25) is 0 Å². The van der Waals surface area contributed by atoms with Crippen LogP contribution in [0.15, 0.2) is 72.8 Å². The van der Waals surface area contributed by atoms with E-state index in [2.05, 4.69) is 5.32 Å². The van der Waals surface area contributed by atoms with Gasteiger partial charge in [0.1, 0.15) is 5.82 Å². The molecule has 0 bridgehead atoms. The molecule has 1 unspecified atom stereocenters. The maximum atomic E-state index is 13.2. The van der Waals surface area contributed by atoms with E-state index >= 15 is 0 Å². The number of benzene rings is 3. The molecule has 3 rings (SSSR count). The summed E-state index contributed by atoms with van der Waals surface area (Å²) in [6.45, 7) is 0.728. The Morgan fingerprint density at radius 1 is 0.968 bits per heavy atom. The number of ether oxygens (including phenoxy) is 2. The van der Waals surface area contributed by atoms with Crippen molar-refractivity contribution in [3.8, 4) is 11.5 Å². The lowest BCUT2D eigenvalue weighted by Crippen LogP contribution is -3.10. The average molecular weight is 424 g/mol. The number of carbonyl (C=O) groups is 1. The Balaban J connectivity index is 1.76. The maximum absolute atomic E-state index is 13.2. The van der Waals surface area contributed by atoms with E-state index in [4.69, 9.17) is 9.47 Å². The number of hydrogen-bond donors (Lipinski definition) is 2. The number of methoxy groups -OCH3 is 2. The highest BCUT2D eigenvalue weighted by Gasteiger charge is 2.29. The van der Waals surface area contributed by atoms with Gasteiger partial charge in [0, 0.05) is 17.7 Å². The van der Waals surface area contributed by atoms with E-state index in [9.17, 15) is 9.18 Å². The lowest BCUT2D eigenvalue weighted by atomic mass is 10.0. The van der Waals surface area contributed by atoms with Gasteiger partial charge in [0.25, 0.3) is 5.91 Å². The Hall–Kier alpha value is -3.38. The van der Waals surface area contributed by atoms with E-state index in [1.807, 2.05) is 55.6 Å². The molecule has 1 amide bonds. The van der Waals surface area contributed by atoms with Gasteiger partial charge in [-0.2, -0.15) is 0 Å².